The Morgan fingerprint density at radius 1 is 1.29 bits per heavy atom. The van der Waals surface area contributed by atoms with Gasteiger partial charge in [-0.1, -0.05) is 18.2 Å². The number of nitrogens with one attached hydrogen (secondary N) is 1. The van der Waals surface area contributed by atoms with Crippen LogP contribution in [0.4, 0.5) is 0 Å². The van der Waals surface area contributed by atoms with Gasteiger partial charge in [-0.05, 0) is 25.0 Å². The van der Waals surface area contributed by atoms with Gasteiger partial charge in [-0.2, -0.15) is 0 Å². The van der Waals surface area contributed by atoms with E-state index in [0.717, 1.165) is 12.8 Å². The third-order valence-corrected chi connectivity index (χ3v) is 2.59. The van der Waals surface area contributed by atoms with Gasteiger partial charge in [-0.25, -0.2) is 0 Å². The molecule has 2 unspecified atom stereocenters. The fraction of sp³-hybridized carbons (Fsp3) is 0.364. The quantitative estimate of drug-likeness (QED) is 0.731. The first-order valence-corrected chi connectivity index (χ1v) is 4.81. The molecule has 1 saturated carbocycles. The number of benzene rings is 1. The smallest absolute Gasteiger partial charge is 0.251 e. The highest BCUT2D eigenvalue weighted by Gasteiger charge is 2.30. The molecule has 0 saturated heterocycles. The molecule has 14 heavy (non-hydrogen) atoms. The third kappa shape index (κ3) is 1.77. The minimum absolute atomic E-state index is 0.0530. The number of hydrogen-bond donors (Lipinski definition) is 2. The molecule has 2 atom stereocenters. The molecule has 3 heteroatoms. The highest BCUT2D eigenvalue weighted by atomic mass is 16.3. The minimum Gasteiger partial charge on any atom is -0.391 e. The normalized spacial score (nSPS) is 25.2. The van der Waals surface area contributed by atoms with E-state index in [1.54, 1.807) is 12.1 Å². The van der Waals surface area contributed by atoms with E-state index in [1.807, 2.05) is 18.2 Å². The van der Waals surface area contributed by atoms with Gasteiger partial charge in [0.2, 0.25) is 0 Å². The Labute approximate surface area is 82.8 Å². The molecule has 74 valence electrons. The van der Waals surface area contributed by atoms with Crippen molar-refractivity contribution in [1.29, 1.82) is 0 Å². The Balaban J connectivity index is 1.96. The SMILES string of the molecule is O=C(NC1CCC1O)c1ccccc1. The fourth-order valence-electron chi connectivity index (χ4n) is 1.49. The van der Waals surface area contributed by atoms with E-state index in [-0.39, 0.29) is 18.1 Å². The predicted octanol–water partition coefficient (Wildman–Crippen LogP) is 0.940. The maximum atomic E-state index is 11.6. The molecule has 1 aliphatic rings. The molecule has 0 radical (unpaired) electrons. The van der Waals surface area contributed by atoms with E-state index in [9.17, 15) is 9.90 Å². The summed E-state index contributed by atoms with van der Waals surface area (Å²) >= 11 is 0. The highest BCUT2D eigenvalue weighted by molar-refractivity contribution is 5.94. The third-order valence-electron chi connectivity index (χ3n) is 2.59. The van der Waals surface area contributed by atoms with Crippen LogP contribution in [-0.2, 0) is 0 Å². The van der Waals surface area contributed by atoms with Crippen molar-refractivity contribution in [2.45, 2.75) is 25.0 Å². The Kier molecular flexibility index (Phi) is 2.50. The number of aliphatic hydroxyl groups excluding tert-OH is 1. The molecule has 0 spiro atoms. The Morgan fingerprint density at radius 2 is 2.00 bits per heavy atom. The zero-order valence-electron chi connectivity index (χ0n) is 7.81. The lowest BCUT2D eigenvalue weighted by Gasteiger charge is -2.32. The van der Waals surface area contributed by atoms with Crippen LogP contribution in [0.25, 0.3) is 0 Å². The first kappa shape index (κ1) is 9.21. The van der Waals surface area contributed by atoms with Crippen molar-refractivity contribution >= 4 is 5.91 Å². The van der Waals surface area contributed by atoms with E-state index in [1.165, 1.54) is 0 Å². The van der Waals surface area contributed by atoms with Crippen molar-refractivity contribution in [3.63, 3.8) is 0 Å². The standard InChI is InChI=1S/C11H13NO2/c13-10-7-6-9(10)12-11(14)8-4-2-1-3-5-8/h1-5,9-10,13H,6-7H2,(H,12,14). The largest absolute Gasteiger partial charge is 0.391 e. The lowest BCUT2D eigenvalue weighted by molar-refractivity contribution is 0.0447. The lowest BCUT2D eigenvalue weighted by Crippen LogP contribution is -2.50. The fourth-order valence-corrected chi connectivity index (χ4v) is 1.49. The van der Waals surface area contributed by atoms with Crippen LogP contribution in [0.3, 0.4) is 0 Å². The van der Waals surface area contributed by atoms with Gasteiger partial charge in [0.25, 0.3) is 5.91 Å². The summed E-state index contributed by atoms with van der Waals surface area (Å²) in [6.45, 7) is 0. The maximum absolute atomic E-state index is 11.6. The van der Waals surface area contributed by atoms with E-state index in [4.69, 9.17) is 0 Å². The van der Waals surface area contributed by atoms with Gasteiger partial charge in [0.15, 0.2) is 0 Å². The molecule has 0 heterocycles. The number of carbonyl (C=O) groups is 1. The summed E-state index contributed by atoms with van der Waals surface area (Å²) in [5, 5.41) is 12.1. The van der Waals surface area contributed by atoms with Crippen molar-refractivity contribution in [3.05, 3.63) is 35.9 Å². The van der Waals surface area contributed by atoms with Gasteiger partial charge in [0.05, 0.1) is 12.1 Å². The average Bonchev–Trinajstić information content (AvgIpc) is 2.24. The summed E-state index contributed by atoms with van der Waals surface area (Å²) in [4.78, 5) is 11.6. The molecule has 0 aliphatic heterocycles. The molecule has 0 bridgehead atoms. The molecule has 1 fully saturated rings. The van der Waals surface area contributed by atoms with Gasteiger partial charge < -0.3 is 10.4 Å². The van der Waals surface area contributed by atoms with Crippen molar-refractivity contribution < 1.29 is 9.90 Å². The van der Waals surface area contributed by atoms with Crippen molar-refractivity contribution in [2.75, 3.05) is 0 Å². The van der Waals surface area contributed by atoms with Crippen molar-refractivity contribution in [3.8, 4) is 0 Å². The van der Waals surface area contributed by atoms with Crippen LogP contribution in [0.1, 0.15) is 23.2 Å². The van der Waals surface area contributed by atoms with Crippen molar-refractivity contribution in [1.82, 2.24) is 5.32 Å². The van der Waals surface area contributed by atoms with E-state index < -0.39 is 0 Å². The zero-order valence-corrected chi connectivity index (χ0v) is 7.81. The Bertz CT molecular complexity index is 323. The van der Waals surface area contributed by atoms with Gasteiger partial charge >= 0.3 is 0 Å². The molecule has 0 aromatic heterocycles. The molecular formula is C11H13NO2. The van der Waals surface area contributed by atoms with Crippen molar-refractivity contribution in [2.24, 2.45) is 0 Å². The summed E-state index contributed by atoms with van der Waals surface area (Å²) < 4.78 is 0. The summed E-state index contributed by atoms with van der Waals surface area (Å²) in [7, 11) is 0. The molecule has 1 aromatic carbocycles. The second-order valence-electron chi connectivity index (χ2n) is 3.59. The van der Waals surface area contributed by atoms with Gasteiger partial charge in [0, 0.05) is 5.56 Å². The minimum atomic E-state index is -0.359. The van der Waals surface area contributed by atoms with Crippen LogP contribution in [0.5, 0.6) is 0 Å². The molecule has 1 aliphatic carbocycles. The van der Waals surface area contributed by atoms with Crippen LogP contribution >= 0.6 is 0 Å². The second-order valence-corrected chi connectivity index (χ2v) is 3.59. The maximum Gasteiger partial charge on any atom is 0.251 e. The molecule has 2 rings (SSSR count). The number of hydrogen-bond acceptors (Lipinski definition) is 2. The van der Waals surface area contributed by atoms with Crippen LogP contribution in [-0.4, -0.2) is 23.2 Å². The van der Waals surface area contributed by atoms with Crippen LogP contribution in [0.15, 0.2) is 30.3 Å². The van der Waals surface area contributed by atoms with Crippen LogP contribution < -0.4 is 5.32 Å². The Morgan fingerprint density at radius 3 is 2.50 bits per heavy atom. The number of aliphatic hydroxyl groups is 1. The summed E-state index contributed by atoms with van der Waals surface area (Å²) in [5.41, 5.74) is 0.645. The molecular weight excluding hydrogens is 178 g/mol. The molecule has 2 N–H and O–H groups in total. The second kappa shape index (κ2) is 3.80. The molecule has 3 nitrogen and oxygen atoms in total. The van der Waals surface area contributed by atoms with Crippen LogP contribution in [0, 0.1) is 0 Å². The number of carbonyl (C=O) groups excluding carboxylic acids is 1. The number of amides is 1. The van der Waals surface area contributed by atoms with Gasteiger partial charge in [-0.3, -0.25) is 4.79 Å². The topological polar surface area (TPSA) is 49.3 Å². The van der Waals surface area contributed by atoms with Gasteiger partial charge in [0.1, 0.15) is 0 Å². The predicted molar refractivity (Wildman–Crippen MR) is 52.9 cm³/mol. The van der Waals surface area contributed by atoms with E-state index in [2.05, 4.69) is 5.32 Å². The lowest BCUT2D eigenvalue weighted by atomic mass is 9.89. The van der Waals surface area contributed by atoms with Gasteiger partial charge in [-0.15, -0.1) is 0 Å². The van der Waals surface area contributed by atoms with E-state index in [0.29, 0.717) is 5.56 Å². The molecule has 1 aromatic rings. The van der Waals surface area contributed by atoms with E-state index >= 15 is 0 Å². The highest BCUT2D eigenvalue weighted by Crippen LogP contribution is 2.19. The van der Waals surface area contributed by atoms with Crippen LogP contribution in [0.2, 0.25) is 0 Å². The monoisotopic (exact) mass is 191 g/mol. The number of rotatable bonds is 2. The average molecular weight is 191 g/mol. The molecule has 1 amide bonds. The summed E-state index contributed by atoms with van der Waals surface area (Å²) in [6, 6.07) is 9.00. The summed E-state index contributed by atoms with van der Waals surface area (Å²) in [5.74, 6) is -0.102. The first-order chi connectivity index (χ1) is 6.77. The zero-order chi connectivity index (χ0) is 9.97. The first-order valence-electron chi connectivity index (χ1n) is 4.81. The summed E-state index contributed by atoms with van der Waals surface area (Å²) in [6.07, 6.45) is 1.31. The Hall–Kier alpha value is -1.35.